The molecule has 1 N–H and O–H groups in total. The standard InChI is InChI=1S/C15H17N5O2S2/c1-5-6-19-12(21)9-7-16-13(23-4)18-11(9)20(19)14-17-10(8-24-14)15(2,3)22/h5,7-8,22H,1,6H2,2-4H3. The molecular formula is C15H17N5O2S2. The smallest absolute Gasteiger partial charge is 0.278 e. The van der Waals surface area contributed by atoms with Crippen LogP contribution in [-0.2, 0) is 12.1 Å². The molecule has 24 heavy (non-hydrogen) atoms. The van der Waals surface area contributed by atoms with Crippen LogP contribution >= 0.6 is 23.1 Å². The van der Waals surface area contributed by atoms with Gasteiger partial charge >= 0.3 is 0 Å². The second-order valence-electron chi connectivity index (χ2n) is 5.66. The number of rotatable bonds is 5. The zero-order valence-electron chi connectivity index (χ0n) is 13.6. The Bertz CT molecular complexity index is 965. The zero-order valence-corrected chi connectivity index (χ0v) is 15.2. The van der Waals surface area contributed by atoms with Crippen molar-refractivity contribution in [2.45, 2.75) is 31.1 Å². The van der Waals surface area contributed by atoms with Crippen molar-refractivity contribution < 1.29 is 5.11 Å². The van der Waals surface area contributed by atoms with Crippen molar-refractivity contribution in [1.29, 1.82) is 0 Å². The molecule has 3 aromatic heterocycles. The summed E-state index contributed by atoms with van der Waals surface area (Å²) in [6.45, 7) is 7.37. The third kappa shape index (κ3) is 2.79. The predicted octanol–water partition coefficient (Wildman–Crippen LogP) is 2.17. The van der Waals surface area contributed by atoms with E-state index in [-0.39, 0.29) is 5.56 Å². The zero-order chi connectivity index (χ0) is 17.5. The molecule has 9 heteroatoms. The van der Waals surface area contributed by atoms with Crippen LogP contribution in [0.4, 0.5) is 0 Å². The number of aromatic nitrogens is 5. The highest BCUT2D eigenvalue weighted by molar-refractivity contribution is 7.98. The summed E-state index contributed by atoms with van der Waals surface area (Å²) in [7, 11) is 0. The van der Waals surface area contributed by atoms with Crippen LogP contribution in [0.15, 0.2) is 34.2 Å². The summed E-state index contributed by atoms with van der Waals surface area (Å²) in [5, 5.41) is 13.5. The van der Waals surface area contributed by atoms with Crippen LogP contribution < -0.4 is 5.56 Å². The summed E-state index contributed by atoms with van der Waals surface area (Å²) < 4.78 is 3.18. The molecule has 0 atom stereocenters. The maximum absolute atomic E-state index is 12.7. The number of allylic oxidation sites excluding steroid dienone is 1. The number of thiazole rings is 1. The van der Waals surface area contributed by atoms with Crippen molar-refractivity contribution in [2.24, 2.45) is 0 Å². The maximum atomic E-state index is 12.7. The van der Waals surface area contributed by atoms with E-state index in [1.165, 1.54) is 34.0 Å². The maximum Gasteiger partial charge on any atom is 0.278 e. The van der Waals surface area contributed by atoms with Crippen molar-refractivity contribution >= 4 is 34.1 Å². The Labute approximate surface area is 146 Å². The molecule has 7 nitrogen and oxygen atoms in total. The van der Waals surface area contributed by atoms with Gasteiger partial charge in [0.2, 0.25) is 5.13 Å². The lowest BCUT2D eigenvalue weighted by molar-refractivity contribution is 0.0745. The van der Waals surface area contributed by atoms with Gasteiger partial charge in [-0.25, -0.2) is 24.3 Å². The van der Waals surface area contributed by atoms with Crippen molar-refractivity contribution in [3.05, 3.63) is 40.3 Å². The van der Waals surface area contributed by atoms with Crippen LogP contribution in [0.2, 0.25) is 0 Å². The van der Waals surface area contributed by atoms with Crippen molar-refractivity contribution in [2.75, 3.05) is 6.26 Å². The van der Waals surface area contributed by atoms with Crippen LogP contribution in [-0.4, -0.2) is 35.7 Å². The second-order valence-corrected chi connectivity index (χ2v) is 7.27. The van der Waals surface area contributed by atoms with Crippen LogP contribution in [0, 0.1) is 0 Å². The molecule has 0 saturated carbocycles. The van der Waals surface area contributed by atoms with Crippen LogP contribution in [0.3, 0.4) is 0 Å². The average molecular weight is 363 g/mol. The van der Waals surface area contributed by atoms with Gasteiger partial charge in [0, 0.05) is 11.6 Å². The first kappa shape index (κ1) is 16.9. The lowest BCUT2D eigenvalue weighted by Crippen LogP contribution is -2.22. The molecule has 0 aliphatic carbocycles. The Hall–Kier alpha value is -1.97. The van der Waals surface area contributed by atoms with E-state index in [2.05, 4.69) is 21.5 Å². The molecule has 126 valence electrons. The van der Waals surface area contributed by atoms with Crippen molar-refractivity contribution in [1.82, 2.24) is 24.3 Å². The Morgan fingerprint density at radius 3 is 2.79 bits per heavy atom. The third-order valence-electron chi connectivity index (χ3n) is 3.44. The summed E-state index contributed by atoms with van der Waals surface area (Å²) >= 11 is 2.74. The highest BCUT2D eigenvalue weighted by Gasteiger charge is 2.23. The van der Waals surface area contributed by atoms with Crippen LogP contribution in [0.5, 0.6) is 0 Å². The number of aliphatic hydroxyl groups is 1. The van der Waals surface area contributed by atoms with E-state index in [9.17, 15) is 9.90 Å². The predicted molar refractivity (Wildman–Crippen MR) is 96.0 cm³/mol. The van der Waals surface area contributed by atoms with Crippen molar-refractivity contribution in [3.8, 4) is 5.13 Å². The minimum atomic E-state index is -1.05. The summed E-state index contributed by atoms with van der Waals surface area (Å²) in [5.74, 6) is 0. The Balaban J connectivity index is 2.32. The number of hydrogen-bond acceptors (Lipinski definition) is 7. The average Bonchev–Trinajstić information content (AvgIpc) is 3.12. The van der Waals surface area contributed by atoms with Gasteiger partial charge in [0.1, 0.15) is 11.0 Å². The molecule has 0 spiro atoms. The summed E-state index contributed by atoms with van der Waals surface area (Å²) in [4.78, 5) is 25.8. The quantitative estimate of drug-likeness (QED) is 0.425. The molecule has 3 aromatic rings. The Kier molecular flexibility index (Phi) is 4.33. The molecule has 0 aliphatic rings. The molecule has 0 amide bonds. The lowest BCUT2D eigenvalue weighted by Gasteiger charge is -2.13. The molecule has 3 rings (SSSR count). The van der Waals surface area contributed by atoms with Gasteiger partial charge in [-0.1, -0.05) is 17.8 Å². The molecule has 0 aromatic carbocycles. The van der Waals surface area contributed by atoms with Crippen LogP contribution in [0.1, 0.15) is 19.5 Å². The van der Waals surface area contributed by atoms with Gasteiger partial charge in [-0.2, -0.15) is 0 Å². The topological polar surface area (TPSA) is 85.8 Å². The third-order valence-corrected chi connectivity index (χ3v) is 4.82. The molecule has 3 heterocycles. The van der Waals surface area contributed by atoms with Crippen LogP contribution in [0.25, 0.3) is 16.2 Å². The molecular weight excluding hydrogens is 346 g/mol. The lowest BCUT2D eigenvalue weighted by atomic mass is 10.1. The number of thioether (sulfide) groups is 1. The first-order valence-electron chi connectivity index (χ1n) is 7.19. The normalized spacial score (nSPS) is 12.0. The summed E-state index contributed by atoms with van der Waals surface area (Å²) in [5.41, 5.74) is -0.211. The van der Waals surface area contributed by atoms with Gasteiger partial charge in [0.05, 0.1) is 12.2 Å². The molecule has 0 bridgehead atoms. The van der Waals surface area contributed by atoms with E-state index in [4.69, 9.17) is 0 Å². The van der Waals surface area contributed by atoms with E-state index < -0.39 is 5.60 Å². The van der Waals surface area contributed by atoms with Gasteiger partial charge < -0.3 is 5.11 Å². The van der Waals surface area contributed by atoms with E-state index in [0.717, 1.165) is 0 Å². The minimum Gasteiger partial charge on any atom is -0.384 e. The molecule has 0 unspecified atom stereocenters. The number of nitrogens with zero attached hydrogens (tertiary/aromatic N) is 5. The van der Waals surface area contributed by atoms with E-state index in [1.807, 2.05) is 6.26 Å². The largest absolute Gasteiger partial charge is 0.384 e. The molecule has 0 aliphatic heterocycles. The minimum absolute atomic E-state index is 0.197. The van der Waals surface area contributed by atoms with Gasteiger partial charge in [-0.3, -0.25) is 4.79 Å². The first-order valence-corrected chi connectivity index (χ1v) is 9.29. The molecule has 0 fully saturated rings. The summed E-state index contributed by atoms with van der Waals surface area (Å²) in [6, 6.07) is 0. The monoisotopic (exact) mass is 363 g/mol. The Morgan fingerprint density at radius 1 is 1.46 bits per heavy atom. The highest BCUT2D eigenvalue weighted by atomic mass is 32.2. The van der Waals surface area contributed by atoms with E-state index in [1.54, 1.807) is 30.0 Å². The van der Waals surface area contributed by atoms with E-state index in [0.29, 0.717) is 33.6 Å². The fraction of sp³-hybridized carbons (Fsp3) is 0.333. The number of hydrogen-bond donors (Lipinski definition) is 1. The van der Waals surface area contributed by atoms with Gasteiger partial charge in [-0.05, 0) is 20.1 Å². The van der Waals surface area contributed by atoms with Gasteiger partial charge in [0.25, 0.3) is 5.56 Å². The second kappa shape index (κ2) is 6.15. The fourth-order valence-electron chi connectivity index (χ4n) is 2.24. The van der Waals surface area contributed by atoms with Gasteiger partial charge in [0.15, 0.2) is 10.8 Å². The summed E-state index contributed by atoms with van der Waals surface area (Å²) in [6.07, 6.45) is 5.06. The van der Waals surface area contributed by atoms with Crippen molar-refractivity contribution in [3.63, 3.8) is 0 Å². The fourth-order valence-corrected chi connectivity index (χ4v) is 3.57. The molecule has 0 radical (unpaired) electrons. The van der Waals surface area contributed by atoms with Gasteiger partial charge in [-0.15, -0.1) is 17.9 Å². The number of fused-ring (bicyclic) bond motifs is 1. The van der Waals surface area contributed by atoms with E-state index >= 15 is 0 Å². The Morgan fingerprint density at radius 2 is 2.21 bits per heavy atom. The molecule has 0 saturated heterocycles. The SMILES string of the molecule is C=CCn1c(=O)c2cnc(SC)nc2n1-c1nc(C(C)(C)O)cs1. The first-order chi connectivity index (χ1) is 11.4. The highest BCUT2D eigenvalue weighted by Crippen LogP contribution is 2.26.